The largest absolute Gasteiger partial charge is 0.491 e. The number of aliphatic hydroxyl groups excluding tert-OH is 3. The Hall–Kier alpha value is -1.52. The van der Waals surface area contributed by atoms with Gasteiger partial charge in [-0.05, 0) is 0 Å². The summed E-state index contributed by atoms with van der Waals surface area (Å²) in [7, 11) is 1.23. The van der Waals surface area contributed by atoms with E-state index in [9.17, 15) is 24.9 Å². The van der Waals surface area contributed by atoms with Crippen molar-refractivity contribution in [1.82, 2.24) is 0 Å². The van der Waals surface area contributed by atoms with Crippen LogP contribution in [0.15, 0.2) is 9.59 Å². The Bertz CT molecular complexity index is 565. The van der Waals surface area contributed by atoms with Crippen LogP contribution in [-0.2, 0) is 4.74 Å². The maximum absolute atomic E-state index is 11.3. The first kappa shape index (κ1) is 14.9. The molecule has 0 amide bonds. The second kappa shape index (κ2) is 5.11. The van der Waals surface area contributed by atoms with Crippen molar-refractivity contribution in [2.45, 2.75) is 24.1 Å². The third-order valence-corrected chi connectivity index (χ3v) is 3.30. The number of rotatable bonds is 5. The summed E-state index contributed by atoms with van der Waals surface area (Å²) >= 11 is 0. The highest BCUT2D eigenvalue weighted by Crippen LogP contribution is 2.29. The van der Waals surface area contributed by atoms with Gasteiger partial charge in [-0.3, -0.25) is 9.59 Å². The third-order valence-electron chi connectivity index (χ3n) is 3.30. The summed E-state index contributed by atoms with van der Waals surface area (Å²) in [6, 6.07) is 0. The fraction of sp³-hybridized carbons (Fsp3) is 0.636. The van der Waals surface area contributed by atoms with Crippen LogP contribution < -0.4 is 20.9 Å². The second-order valence-electron chi connectivity index (χ2n) is 4.54. The minimum Gasteiger partial charge on any atom is -0.491 e. The van der Waals surface area contributed by atoms with Crippen LogP contribution >= 0.6 is 0 Å². The molecule has 0 saturated carbocycles. The fourth-order valence-corrected chi connectivity index (χ4v) is 2.09. The minimum atomic E-state index is -2.26. The predicted molar refractivity (Wildman–Crippen MR) is 65.3 cm³/mol. The van der Waals surface area contributed by atoms with E-state index in [1.54, 1.807) is 0 Å². The molecule has 112 valence electrons. The average molecular weight is 289 g/mol. The van der Waals surface area contributed by atoms with E-state index >= 15 is 0 Å². The summed E-state index contributed by atoms with van der Waals surface area (Å²) in [6.07, 6.45) is -4.22. The van der Waals surface area contributed by atoms with Gasteiger partial charge in [0.25, 0.3) is 10.9 Å². The van der Waals surface area contributed by atoms with Gasteiger partial charge in [0.2, 0.25) is 5.79 Å². The summed E-state index contributed by atoms with van der Waals surface area (Å²) < 4.78 is 9.67. The number of aliphatic hydroxyl groups is 4. The lowest BCUT2D eigenvalue weighted by Gasteiger charge is -2.23. The van der Waals surface area contributed by atoms with Gasteiger partial charge in [0.1, 0.15) is 24.0 Å². The molecule has 0 aromatic heterocycles. The second-order valence-corrected chi connectivity index (χ2v) is 4.54. The van der Waals surface area contributed by atoms with Crippen molar-refractivity contribution in [2.75, 3.05) is 25.6 Å². The molecule has 1 unspecified atom stereocenters. The summed E-state index contributed by atoms with van der Waals surface area (Å²) in [6.45, 7) is -1.06. The number of methoxy groups -OCH3 is 1. The molecule has 1 fully saturated rings. The van der Waals surface area contributed by atoms with Crippen molar-refractivity contribution in [3.63, 3.8) is 0 Å². The van der Waals surface area contributed by atoms with Gasteiger partial charge in [0, 0.05) is 6.54 Å². The van der Waals surface area contributed by atoms with E-state index in [0.717, 1.165) is 0 Å². The first-order valence-electron chi connectivity index (χ1n) is 5.84. The van der Waals surface area contributed by atoms with Crippen LogP contribution in [0.1, 0.15) is 0 Å². The van der Waals surface area contributed by atoms with Gasteiger partial charge in [-0.2, -0.15) is 0 Å². The van der Waals surface area contributed by atoms with Crippen molar-refractivity contribution in [3.8, 4) is 5.75 Å². The molecule has 1 aliphatic heterocycles. The van der Waals surface area contributed by atoms with E-state index in [4.69, 9.17) is 14.6 Å². The lowest BCUT2D eigenvalue weighted by molar-refractivity contribution is -0.244. The fourth-order valence-electron chi connectivity index (χ4n) is 2.09. The van der Waals surface area contributed by atoms with Gasteiger partial charge in [-0.1, -0.05) is 0 Å². The predicted octanol–water partition coefficient (Wildman–Crippen LogP) is -3.50. The lowest BCUT2D eigenvalue weighted by Crippen LogP contribution is -2.46. The van der Waals surface area contributed by atoms with Crippen molar-refractivity contribution in [2.24, 2.45) is 0 Å². The van der Waals surface area contributed by atoms with Crippen LogP contribution in [0.4, 0.5) is 5.69 Å². The number of ether oxygens (including phenoxy) is 2. The lowest BCUT2D eigenvalue weighted by atomic mass is 10.1. The van der Waals surface area contributed by atoms with Crippen LogP contribution in [0.25, 0.3) is 0 Å². The molecule has 1 aromatic rings. The van der Waals surface area contributed by atoms with E-state index < -0.39 is 41.6 Å². The maximum atomic E-state index is 11.3. The highest BCUT2D eigenvalue weighted by molar-refractivity contribution is 5.61. The number of anilines is 1. The van der Waals surface area contributed by atoms with Crippen LogP contribution in [-0.4, -0.2) is 64.8 Å². The first-order chi connectivity index (χ1) is 9.35. The Balaban J connectivity index is 2.04. The third kappa shape index (κ3) is 2.09. The molecule has 1 aromatic carbocycles. The van der Waals surface area contributed by atoms with Crippen LogP contribution in [0.2, 0.25) is 0 Å². The van der Waals surface area contributed by atoms with E-state index in [0.29, 0.717) is 0 Å². The monoisotopic (exact) mass is 289 g/mol. The molecular formula is C11H15NO8. The van der Waals surface area contributed by atoms with Crippen molar-refractivity contribution in [1.29, 1.82) is 0 Å². The van der Waals surface area contributed by atoms with Gasteiger partial charge in [0.15, 0.2) is 5.75 Å². The highest BCUT2D eigenvalue weighted by atomic mass is 16.7. The molecule has 0 radical (unpaired) electrons. The standard InChI is InChI=1S/C11H15NO8/c1-19-9-5(7(15)8(9)16)12-2-4-6(14)10(17)11(18,3-13)20-4/h4,6,10,12-14,17-18H,2-3H2,1H3/t4-,6-,10+,11?/m1/s1. The molecule has 5 N–H and O–H groups in total. The number of hydrogen-bond acceptors (Lipinski definition) is 9. The normalized spacial score (nSPS) is 33.5. The zero-order valence-corrected chi connectivity index (χ0v) is 10.6. The van der Waals surface area contributed by atoms with Gasteiger partial charge in [0.05, 0.1) is 13.7 Å². The van der Waals surface area contributed by atoms with E-state index in [2.05, 4.69) is 5.32 Å². The minimum absolute atomic E-state index is 0.0535. The average Bonchev–Trinajstić information content (AvgIpc) is 2.67. The molecule has 4 atom stereocenters. The zero-order chi connectivity index (χ0) is 15.1. The number of hydrogen-bond donors (Lipinski definition) is 5. The summed E-state index contributed by atoms with van der Waals surface area (Å²) in [5.74, 6) is -2.38. The SMILES string of the molecule is COc1c(NC[C@H]2OC(O)(CO)[C@@H](O)[C@@H]2O)c(=O)c1=O. The van der Waals surface area contributed by atoms with Gasteiger partial charge >= 0.3 is 0 Å². The van der Waals surface area contributed by atoms with Gasteiger partial charge < -0.3 is 35.2 Å². The highest BCUT2D eigenvalue weighted by Gasteiger charge is 2.53. The van der Waals surface area contributed by atoms with Crippen molar-refractivity contribution in [3.05, 3.63) is 20.4 Å². The van der Waals surface area contributed by atoms with Gasteiger partial charge in [-0.15, -0.1) is 0 Å². The zero-order valence-electron chi connectivity index (χ0n) is 10.6. The molecular weight excluding hydrogens is 274 g/mol. The molecule has 1 aliphatic rings. The molecule has 1 heterocycles. The molecule has 2 rings (SSSR count). The number of nitrogens with one attached hydrogen (secondary N) is 1. The molecule has 0 spiro atoms. The van der Waals surface area contributed by atoms with E-state index in [1.165, 1.54) is 7.11 Å². The Morgan fingerprint density at radius 1 is 1.35 bits per heavy atom. The Morgan fingerprint density at radius 2 is 2.00 bits per heavy atom. The summed E-state index contributed by atoms with van der Waals surface area (Å²) in [5.41, 5.74) is -1.57. The summed E-state index contributed by atoms with van der Waals surface area (Å²) in [4.78, 5) is 22.4. The van der Waals surface area contributed by atoms with E-state index in [1.807, 2.05) is 0 Å². The molecule has 20 heavy (non-hydrogen) atoms. The molecule has 0 bridgehead atoms. The Labute approximate surface area is 112 Å². The first-order valence-corrected chi connectivity index (χ1v) is 5.84. The molecule has 1 saturated heterocycles. The van der Waals surface area contributed by atoms with Crippen LogP contribution in [0.5, 0.6) is 5.75 Å². The van der Waals surface area contributed by atoms with Crippen LogP contribution in [0, 0.1) is 0 Å². The quantitative estimate of drug-likeness (QED) is 0.348. The molecule has 9 heteroatoms. The Kier molecular flexibility index (Phi) is 3.80. The summed E-state index contributed by atoms with van der Waals surface area (Å²) in [5, 5.41) is 40.4. The van der Waals surface area contributed by atoms with Gasteiger partial charge in [-0.25, -0.2) is 0 Å². The van der Waals surface area contributed by atoms with Crippen molar-refractivity contribution < 1.29 is 29.9 Å². The smallest absolute Gasteiger partial charge is 0.271 e. The maximum Gasteiger partial charge on any atom is 0.271 e. The van der Waals surface area contributed by atoms with Crippen LogP contribution in [0.3, 0.4) is 0 Å². The molecule has 9 nitrogen and oxygen atoms in total. The van der Waals surface area contributed by atoms with Crippen molar-refractivity contribution >= 4 is 5.69 Å². The molecule has 0 aliphatic carbocycles. The Morgan fingerprint density at radius 3 is 2.50 bits per heavy atom. The van der Waals surface area contributed by atoms with E-state index in [-0.39, 0.29) is 18.0 Å². The topological polar surface area (TPSA) is 146 Å².